The first-order chi connectivity index (χ1) is 17.6. The Bertz CT molecular complexity index is 1060. The van der Waals surface area contributed by atoms with E-state index < -0.39 is 41.9 Å². The molecule has 2 aromatic carbocycles. The fourth-order valence-corrected chi connectivity index (χ4v) is 3.50. The predicted octanol–water partition coefficient (Wildman–Crippen LogP) is 0.00840. The van der Waals surface area contributed by atoms with E-state index >= 15 is 0 Å². The van der Waals surface area contributed by atoms with Crippen molar-refractivity contribution < 1.29 is 34.1 Å². The number of hydrogen-bond donors (Lipinski definition) is 6. The lowest BCUT2D eigenvalue weighted by molar-refractivity contribution is -0.132. The molecule has 0 aliphatic heterocycles. The fraction of sp³-hybridized carbons (Fsp3) is 0.423. The predicted molar refractivity (Wildman–Crippen MR) is 137 cm³/mol. The number of aliphatic hydroxyl groups excluding tert-OH is 1. The number of carbonyl (C=O) groups excluding carboxylic acids is 3. The summed E-state index contributed by atoms with van der Waals surface area (Å²) in [4.78, 5) is 38.4. The van der Waals surface area contributed by atoms with Gasteiger partial charge in [0, 0.05) is 12.5 Å². The van der Waals surface area contributed by atoms with Gasteiger partial charge in [-0.3, -0.25) is 14.4 Å². The number of nitrogens with two attached hydrogens (primary N) is 1. The number of hydrogen-bond acceptors (Lipinski definition) is 8. The summed E-state index contributed by atoms with van der Waals surface area (Å²) in [6, 6.07) is 8.04. The quantitative estimate of drug-likeness (QED) is 0.216. The van der Waals surface area contributed by atoms with Gasteiger partial charge in [0.1, 0.15) is 17.8 Å². The highest BCUT2D eigenvalue weighted by Crippen LogP contribution is 2.28. The van der Waals surface area contributed by atoms with Gasteiger partial charge in [0.15, 0.2) is 11.5 Å². The summed E-state index contributed by atoms with van der Waals surface area (Å²) in [6.45, 7) is 2.85. The Balaban J connectivity index is 2.08. The molecule has 0 unspecified atom stereocenters. The van der Waals surface area contributed by atoms with Gasteiger partial charge >= 0.3 is 0 Å². The lowest BCUT2D eigenvalue weighted by atomic mass is 10.0. The minimum Gasteiger partial charge on any atom is -0.508 e. The Hall–Kier alpha value is -3.83. The summed E-state index contributed by atoms with van der Waals surface area (Å²) in [7, 11) is 3.00. The minimum atomic E-state index is -0.996. The number of amides is 3. The second-order valence-electron chi connectivity index (χ2n) is 8.75. The first-order valence-electron chi connectivity index (χ1n) is 11.8. The van der Waals surface area contributed by atoms with Crippen molar-refractivity contribution in [1.29, 1.82) is 0 Å². The molecule has 0 radical (unpaired) electrons. The molecular weight excluding hydrogens is 480 g/mol. The molecule has 0 aliphatic rings. The van der Waals surface area contributed by atoms with Gasteiger partial charge in [-0.05, 0) is 55.7 Å². The van der Waals surface area contributed by atoms with E-state index in [9.17, 15) is 24.6 Å². The normalized spacial score (nSPS) is 14.0. The summed E-state index contributed by atoms with van der Waals surface area (Å²) in [5.41, 5.74) is 7.44. The molecule has 2 rings (SSSR count). The van der Waals surface area contributed by atoms with Crippen molar-refractivity contribution in [2.75, 3.05) is 20.8 Å². The maximum atomic E-state index is 12.9. The molecule has 0 aliphatic carbocycles. The molecule has 0 saturated heterocycles. The Morgan fingerprint density at radius 1 is 0.838 bits per heavy atom. The van der Waals surface area contributed by atoms with E-state index in [-0.39, 0.29) is 25.2 Å². The fourth-order valence-electron chi connectivity index (χ4n) is 3.50. The van der Waals surface area contributed by atoms with Gasteiger partial charge in [-0.15, -0.1) is 0 Å². The number of methoxy groups -OCH3 is 2. The third-order valence-electron chi connectivity index (χ3n) is 5.66. The highest BCUT2D eigenvalue weighted by molar-refractivity contribution is 5.93. The van der Waals surface area contributed by atoms with Crippen LogP contribution in [0.3, 0.4) is 0 Å². The van der Waals surface area contributed by atoms with Crippen molar-refractivity contribution in [2.45, 2.75) is 50.9 Å². The van der Waals surface area contributed by atoms with Gasteiger partial charge in [0.25, 0.3) is 0 Å². The Morgan fingerprint density at radius 2 is 1.46 bits per heavy atom. The van der Waals surface area contributed by atoms with E-state index in [2.05, 4.69) is 16.0 Å². The molecule has 3 amide bonds. The van der Waals surface area contributed by atoms with Crippen LogP contribution in [0.1, 0.15) is 25.0 Å². The zero-order chi connectivity index (χ0) is 27.5. The van der Waals surface area contributed by atoms with Crippen LogP contribution in [0, 0.1) is 0 Å². The number of aromatic hydroxyl groups is 1. The molecule has 0 fully saturated rings. The molecule has 0 aromatic heterocycles. The van der Waals surface area contributed by atoms with Crippen LogP contribution in [0.25, 0.3) is 0 Å². The smallest absolute Gasteiger partial charge is 0.243 e. The summed E-state index contributed by atoms with van der Waals surface area (Å²) in [5, 5.41) is 26.6. The van der Waals surface area contributed by atoms with Crippen molar-refractivity contribution in [3.63, 3.8) is 0 Å². The maximum Gasteiger partial charge on any atom is 0.243 e. The van der Waals surface area contributed by atoms with E-state index in [4.69, 9.17) is 15.2 Å². The number of carbonyl (C=O) groups is 3. The van der Waals surface area contributed by atoms with Gasteiger partial charge in [-0.25, -0.2) is 0 Å². The van der Waals surface area contributed by atoms with E-state index in [0.717, 1.165) is 5.56 Å². The summed E-state index contributed by atoms with van der Waals surface area (Å²) in [6.07, 6.45) is 0.334. The number of rotatable bonds is 13. The molecule has 11 nitrogen and oxygen atoms in total. The maximum absolute atomic E-state index is 12.9. The molecule has 7 N–H and O–H groups in total. The van der Waals surface area contributed by atoms with Crippen LogP contribution in [-0.4, -0.2) is 72.9 Å². The Morgan fingerprint density at radius 3 is 2.05 bits per heavy atom. The van der Waals surface area contributed by atoms with Crippen molar-refractivity contribution in [2.24, 2.45) is 5.73 Å². The summed E-state index contributed by atoms with van der Waals surface area (Å²) < 4.78 is 10.6. The Kier molecular flexibility index (Phi) is 11.2. The standard InChI is InChI=1S/C26H36N4O7/c1-15(14-31)28-26(35)21(12-18-7-10-22(36-3)23(13-18)37-4)30-24(33)16(2)29-25(34)20(27)11-17-5-8-19(32)9-6-17/h5-10,13,15-16,20-21,31-32H,11-12,14,27H2,1-4H3,(H,28,35)(H,29,34)(H,30,33)/t15-,16-,20+,21+/m1/s1. The van der Waals surface area contributed by atoms with Crippen LogP contribution in [0.5, 0.6) is 17.2 Å². The zero-order valence-corrected chi connectivity index (χ0v) is 21.5. The molecule has 4 atom stereocenters. The molecule has 0 heterocycles. The molecule has 0 saturated carbocycles. The zero-order valence-electron chi connectivity index (χ0n) is 21.5. The summed E-state index contributed by atoms with van der Waals surface area (Å²) >= 11 is 0. The van der Waals surface area contributed by atoms with Crippen LogP contribution >= 0.6 is 0 Å². The molecule has 37 heavy (non-hydrogen) atoms. The molecule has 202 valence electrons. The lowest BCUT2D eigenvalue weighted by Crippen LogP contribution is -2.56. The van der Waals surface area contributed by atoms with E-state index in [1.807, 2.05) is 0 Å². The van der Waals surface area contributed by atoms with Crippen molar-refractivity contribution in [3.05, 3.63) is 53.6 Å². The lowest BCUT2D eigenvalue weighted by Gasteiger charge is -2.24. The van der Waals surface area contributed by atoms with Gasteiger partial charge < -0.3 is 41.4 Å². The largest absolute Gasteiger partial charge is 0.508 e. The molecule has 0 bridgehead atoms. The first kappa shape index (κ1) is 29.4. The van der Waals surface area contributed by atoms with Gasteiger partial charge in [-0.2, -0.15) is 0 Å². The van der Waals surface area contributed by atoms with Crippen molar-refractivity contribution in [3.8, 4) is 17.2 Å². The van der Waals surface area contributed by atoms with Crippen LogP contribution in [0.4, 0.5) is 0 Å². The molecule has 0 spiro atoms. The highest BCUT2D eigenvalue weighted by atomic mass is 16.5. The first-order valence-corrected chi connectivity index (χ1v) is 11.8. The number of aliphatic hydroxyl groups is 1. The topological polar surface area (TPSA) is 172 Å². The van der Waals surface area contributed by atoms with Gasteiger partial charge in [0.2, 0.25) is 17.7 Å². The van der Waals surface area contributed by atoms with E-state index in [0.29, 0.717) is 17.1 Å². The third-order valence-corrected chi connectivity index (χ3v) is 5.66. The van der Waals surface area contributed by atoms with Crippen LogP contribution < -0.4 is 31.2 Å². The SMILES string of the molecule is COc1ccc(C[C@H](NC(=O)[C@@H](C)NC(=O)[C@@H](N)Cc2ccc(O)cc2)C(=O)N[C@H](C)CO)cc1OC. The van der Waals surface area contributed by atoms with Crippen LogP contribution in [0.15, 0.2) is 42.5 Å². The van der Waals surface area contributed by atoms with Crippen LogP contribution in [0.2, 0.25) is 0 Å². The van der Waals surface area contributed by atoms with Crippen LogP contribution in [-0.2, 0) is 27.2 Å². The van der Waals surface area contributed by atoms with E-state index in [1.54, 1.807) is 37.3 Å². The highest BCUT2D eigenvalue weighted by Gasteiger charge is 2.27. The molecular formula is C26H36N4O7. The average Bonchev–Trinajstić information content (AvgIpc) is 2.88. The number of phenols is 1. The molecule has 11 heteroatoms. The van der Waals surface area contributed by atoms with Crippen molar-refractivity contribution in [1.82, 2.24) is 16.0 Å². The number of ether oxygens (including phenoxy) is 2. The van der Waals surface area contributed by atoms with Gasteiger partial charge in [0.05, 0.1) is 26.9 Å². The van der Waals surface area contributed by atoms with E-state index in [1.165, 1.54) is 33.3 Å². The third kappa shape index (κ3) is 8.96. The average molecular weight is 517 g/mol. The molecule has 2 aromatic rings. The minimum absolute atomic E-state index is 0.104. The second-order valence-corrected chi connectivity index (χ2v) is 8.75. The number of phenolic OH excluding ortho intramolecular Hbond substituents is 1. The summed E-state index contributed by atoms with van der Waals surface area (Å²) in [5.74, 6) is -0.519. The Labute approximate surface area is 216 Å². The second kappa shape index (κ2) is 14.0. The van der Waals surface area contributed by atoms with Gasteiger partial charge in [-0.1, -0.05) is 18.2 Å². The number of nitrogens with one attached hydrogen (secondary N) is 3. The van der Waals surface area contributed by atoms with Crippen molar-refractivity contribution >= 4 is 17.7 Å². The monoisotopic (exact) mass is 516 g/mol. The number of benzene rings is 2.